The molecule has 0 aromatic carbocycles. The van der Waals surface area contributed by atoms with E-state index in [1.807, 2.05) is 0 Å². The lowest BCUT2D eigenvalue weighted by Crippen LogP contribution is -2.49. The van der Waals surface area contributed by atoms with Gasteiger partial charge < -0.3 is 36.8 Å². The van der Waals surface area contributed by atoms with Gasteiger partial charge in [-0.3, -0.25) is 19.2 Å². The Balaban J connectivity index is 0. The van der Waals surface area contributed by atoms with E-state index < -0.39 is 54.3 Å². The molecule has 0 aromatic rings. The third-order valence-corrected chi connectivity index (χ3v) is 3.82. The molecule has 0 aliphatic carbocycles. The van der Waals surface area contributed by atoms with Crippen molar-refractivity contribution in [2.45, 2.75) is 38.8 Å². The van der Waals surface area contributed by atoms with Gasteiger partial charge in [-0.1, -0.05) is 0 Å². The number of carbonyl (C=O) groups excluding carboxylic acids is 2. The number of amides is 2. The van der Waals surface area contributed by atoms with Gasteiger partial charge in [0.15, 0.2) is 0 Å². The highest BCUT2D eigenvalue weighted by molar-refractivity contribution is 7.80. The quantitative estimate of drug-likeness (QED) is 0.130. The number of hydrogen-bond donors (Lipinski definition) is 8. The van der Waals surface area contributed by atoms with Crippen molar-refractivity contribution in [2.75, 3.05) is 12.3 Å². The van der Waals surface area contributed by atoms with Gasteiger partial charge in [-0.2, -0.15) is 12.6 Å². The first kappa shape index (κ1) is 29.1. The van der Waals surface area contributed by atoms with E-state index in [0.717, 1.165) is 0 Å². The molecule has 0 saturated heterocycles. The largest absolute Gasteiger partial charge is 0.480 e. The molecule has 2 atom stereocenters. The van der Waals surface area contributed by atoms with E-state index in [1.165, 1.54) is 13.8 Å². The van der Waals surface area contributed by atoms with Crippen molar-refractivity contribution in [3.05, 3.63) is 11.1 Å². The van der Waals surface area contributed by atoms with Crippen LogP contribution < -0.4 is 16.4 Å². The second kappa shape index (κ2) is 14.8. The van der Waals surface area contributed by atoms with E-state index in [0.29, 0.717) is 0 Å². The Morgan fingerprint density at radius 2 is 1.40 bits per heavy atom. The summed E-state index contributed by atoms with van der Waals surface area (Å²) in [5, 5.41) is 37.9. The van der Waals surface area contributed by atoms with Crippen LogP contribution in [0.15, 0.2) is 11.1 Å². The van der Waals surface area contributed by atoms with E-state index in [1.54, 1.807) is 0 Å². The first-order valence-electron chi connectivity index (χ1n) is 8.26. The Labute approximate surface area is 176 Å². The summed E-state index contributed by atoms with van der Waals surface area (Å²) >= 11 is 3.87. The van der Waals surface area contributed by atoms with E-state index in [-0.39, 0.29) is 29.7 Å². The molecule has 13 nitrogen and oxygen atoms in total. The van der Waals surface area contributed by atoms with Crippen LogP contribution in [0.4, 0.5) is 0 Å². The van der Waals surface area contributed by atoms with Crippen LogP contribution in [0.3, 0.4) is 0 Å². The molecular weight excluding hydrogens is 426 g/mol. The maximum Gasteiger partial charge on any atom is 0.331 e. The van der Waals surface area contributed by atoms with E-state index in [2.05, 4.69) is 23.3 Å². The summed E-state index contributed by atoms with van der Waals surface area (Å²) in [5.74, 6) is -6.09. The number of carbonyl (C=O) groups is 6. The smallest absolute Gasteiger partial charge is 0.331 e. The maximum atomic E-state index is 11.5. The van der Waals surface area contributed by atoms with Crippen LogP contribution in [0.25, 0.3) is 0 Å². The van der Waals surface area contributed by atoms with Crippen LogP contribution in [0.2, 0.25) is 0 Å². The van der Waals surface area contributed by atoms with Gasteiger partial charge in [0.2, 0.25) is 11.8 Å². The molecule has 14 heteroatoms. The summed E-state index contributed by atoms with van der Waals surface area (Å²) in [6.45, 7) is 1.94. The van der Waals surface area contributed by atoms with Gasteiger partial charge in [0.05, 0.1) is 0 Å². The Kier molecular flexibility index (Phi) is 14.4. The highest BCUT2D eigenvalue weighted by Crippen LogP contribution is 2.02. The second-order valence-corrected chi connectivity index (χ2v) is 6.12. The van der Waals surface area contributed by atoms with Crippen molar-refractivity contribution in [2.24, 2.45) is 5.73 Å². The van der Waals surface area contributed by atoms with Crippen LogP contribution in [0, 0.1) is 0 Å². The zero-order valence-electron chi connectivity index (χ0n) is 16.2. The third-order valence-electron chi connectivity index (χ3n) is 3.45. The Morgan fingerprint density at radius 3 is 1.73 bits per heavy atom. The number of nitrogens with two attached hydrogens (primary N) is 1. The van der Waals surface area contributed by atoms with E-state index in [4.69, 9.17) is 26.2 Å². The topological polar surface area (TPSA) is 233 Å². The van der Waals surface area contributed by atoms with Crippen LogP contribution in [-0.4, -0.2) is 80.5 Å². The molecule has 0 heterocycles. The Hall–Kier alpha value is -3.13. The van der Waals surface area contributed by atoms with Gasteiger partial charge in [-0.05, 0) is 20.3 Å². The molecule has 8 N–H and O–H groups in total. The number of aliphatic carboxylic acids is 4. The van der Waals surface area contributed by atoms with Crippen molar-refractivity contribution in [1.29, 1.82) is 0 Å². The summed E-state index contributed by atoms with van der Waals surface area (Å²) in [6, 6.07) is -2.15. The molecule has 170 valence electrons. The fourth-order valence-electron chi connectivity index (χ4n) is 1.48. The van der Waals surface area contributed by atoms with Crippen LogP contribution in [0.1, 0.15) is 26.7 Å². The number of rotatable bonds is 11. The molecule has 2 amide bonds. The van der Waals surface area contributed by atoms with Crippen molar-refractivity contribution in [3.8, 4) is 0 Å². The lowest BCUT2D eigenvalue weighted by molar-refractivity contribution is -0.139. The Morgan fingerprint density at radius 1 is 0.933 bits per heavy atom. The van der Waals surface area contributed by atoms with Crippen LogP contribution in [-0.2, 0) is 28.8 Å². The lowest BCUT2D eigenvalue weighted by Gasteiger charge is -2.16. The standard InChI is InChI=1S/C10H17N3O6S.C6H8O4/c11-5(10(18)19)1-2-7(14)13-6(4-20)9(17)12-3-8(15)16;1-3(5(7)8)4(2)6(9)10/h5-6,20H,1-4,11H2,(H,12,17)(H,13,14)(H,15,16)(H,18,19);1-2H3,(H,7,8)(H,9,10)/t5-,6-;/m0./s1. The van der Waals surface area contributed by atoms with Gasteiger partial charge in [-0.25, -0.2) is 9.59 Å². The molecule has 0 aromatic heterocycles. The predicted molar refractivity (Wildman–Crippen MR) is 105 cm³/mol. The molecule has 0 unspecified atom stereocenters. The number of nitrogens with one attached hydrogen (secondary N) is 2. The van der Waals surface area contributed by atoms with E-state index in [9.17, 15) is 28.8 Å². The molecule has 0 saturated carbocycles. The summed E-state index contributed by atoms with van der Waals surface area (Å²) in [7, 11) is 0. The van der Waals surface area contributed by atoms with Crippen molar-refractivity contribution >= 4 is 48.3 Å². The van der Waals surface area contributed by atoms with Gasteiger partial charge in [0.25, 0.3) is 0 Å². The Bertz CT molecular complexity index is 685. The summed E-state index contributed by atoms with van der Waals surface area (Å²) < 4.78 is 0. The van der Waals surface area contributed by atoms with Crippen molar-refractivity contribution in [3.63, 3.8) is 0 Å². The summed E-state index contributed by atoms with van der Waals surface area (Å²) in [4.78, 5) is 64.0. The summed E-state index contributed by atoms with van der Waals surface area (Å²) in [5.41, 5.74) is 4.97. The highest BCUT2D eigenvalue weighted by Gasteiger charge is 2.21. The number of carboxylic acids is 4. The first-order chi connectivity index (χ1) is 13.7. The SMILES string of the molecule is CC(C(=O)O)=C(C)C(=O)O.N[C@@H](CCC(=O)N[C@@H](CS)C(=O)NCC(=O)O)C(=O)O. The fourth-order valence-corrected chi connectivity index (χ4v) is 1.73. The molecule has 0 spiro atoms. The first-order valence-corrected chi connectivity index (χ1v) is 8.89. The highest BCUT2D eigenvalue weighted by atomic mass is 32.1. The second-order valence-electron chi connectivity index (χ2n) is 5.76. The van der Waals surface area contributed by atoms with Gasteiger partial charge in [0.1, 0.15) is 18.6 Å². The zero-order chi connectivity index (χ0) is 24.0. The minimum absolute atomic E-state index is 0.0256. The normalized spacial score (nSPS) is 12.8. The lowest BCUT2D eigenvalue weighted by atomic mass is 10.1. The molecule has 0 bridgehead atoms. The zero-order valence-corrected chi connectivity index (χ0v) is 17.1. The molecule has 0 fully saturated rings. The minimum atomic E-state index is -1.22. The summed E-state index contributed by atoms with van der Waals surface area (Å²) in [6.07, 6.45) is -0.235. The molecule has 0 aliphatic rings. The van der Waals surface area contributed by atoms with Crippen molar-refractivity contribution < 1.29 is 49.2 Å². The maximum absolute atomic E-state index is 11.5. The molecule has 0 rings (SSSR count). The monoisotopic (exact) mass is 451 g/mol. The van der Waals surface area contributed by atoms with Gasteiger partial charge in [-0.15, -0.1) is 0 Å². The van der Waals surface area contributed by atoms with E-state index >= 15 is 0 Å². The predicted octanol–water partition coefficient (Wildman–Crippen LogP) is -1.71. The van der Waals surface area contributed by atoms with Gasteiger partial charge >= 0.3 is 23.9 Å². The average molecular weight is 451 g/mol. The molecular formula is C16H25N3O10S. The number of carboxylic acid groups (broad SMARTS) is 4. The van der Waals surface area contributed by atoms with Crippen molar-refractivity contribution in [1.82, 2.24) is 10.6 Å². The fraction of sp³-hybridized carbons (Fsp3) is 0.500. The van der Waals surface area contributed by atoms with Gasteiger partial charge in [0, 0.05) is 23.3 Å². The average Bonchev–Trinajstić information content (AvgIpc) is 2.67. The number of thiol groups is 1. The molecule has 0 aliphatic heterocycles. The van der Waals surface area contributed by atoms with Crippen LogP contribution >= 0.6 is 12.6 Å². The van der Waals surface area contributed by atoms with Crippen LogP contribution in [0.5, 0.6) is 0 Å². The molecule has 30 heavy (non-hydrogen) atoms. The minimum Gasteiger partial charge on any atom is -0.480 e. The third kappa shape index (κ3) is 13.1. The molecule has 0 radical (unpaired) electrons. The number of hydrogen-bond acceptors (Lipinski definition) is 8.